The first kappa shape index (κ1) is 13.3. The zero-order chi connectivity index (χ0) is 14.7. The molecule has 3 nitrogen and oxygen atoms in total. The van der Waals surface area contributed by atoms with Crippen LogP contribution in [0.2, 0.25) is 0 Å². The number of carbonyl (C=O) groups excluding carboxylic acids is 1. The molecule has 0 spiro atoms. The molecule has 0 radical (unpaired) electrons. The molecule has 2 aromatic carbocycles. The van der Waals surface area contributed by atoms with Gasteiger partial charge in [0.1, 0.15) is 0 Å². The van der Waals surface area contributed by atoms with Crippen molar-refractivity contribution in [3.8, 4) is 0 Å². The SMILES string of the molecule is Cc1ccc2nc(CC(=O)Nc3ccccc3)ccc2c1. The average Bonchev–Trinajstić information content (AvgIpc) is 2.48. The average molecular weight is 276 g/mol. The van der Waals surface area contributed by atoms with Crippen LogP contribution in [-0.2, 0) is 11.2 Å². The second-order valence-electron chi connectivity index (χ2n) is 5.09. The van der Waals surface area contributed by atoms with E-state index >= 15 is 0 Å². The van der Waals surface area contributed by atoms with Gasteiger partial charge in [-0.1, -0.05) is 35.9 Å². The van der Waals surface area contributed by atoms with E-state index in [4.69, 9.17) is 0 Å². The molecule has 0 bridgehead atoms. The first-order chi connectivity index (χ1) is 10.2. The fourth-order valence-electron chi connectivity index (χ4n) is 2.28. The highest BCUT2D eigenvalue weighted by atomic mass is 16.1. The summed E-state index contributed by atoms with van der Waals surface area (Å²) in [5.74, 6) is -0.0554. The molecule has 3 rings (SSSR count). The summed E-state index contributed by atoms with van der Waals surface area (Å²) in [6.07, 6.45) is 0.276. The van der Waals surface area contributed by atoms with Crippen LogP contribution in [0.3, 0.4) is 0 Å². The summed E-state index contributed by atoms with van der Waals surface area (Å²) >= 11 is 0. The Hall–Kier alpha value is -2.68. The van der Waals surface area contributed by atoms with Crippen LogP contribution in [0.4, 0.5) is 5.69 Å². The summed E-state index contributed by atoms with van der Waals surface area (Å²) in [5.41, 5.74) is 3.71. The molecule has 0 aliphatic carbocycles. The van der Waals surface area contributed by atoms with Crippen molar-refractivity contribution in [2.24, 2.45) is 0 Å². The van der Waals surface area contributed by atoms with E-state index in [-0.39, 0.29) is 12.3 Å². The molecule has 3 heteroatoms. The van der Waals surface area contributed by atoms with Gasteiger partial charge >= 0.3 is 0 Å². The van der Waals surface area contributed by atoms with Gasteiger partial charge in [0.15, 0.2) is 0 Å². The fourth-order valence-corrected chi connectivity index (χ4v) is 2.28. The van der Waals surface area contributed by atoms with Gasteiger partial charge in [-0.3, -0.25) is 9.78 Å². The lowest BCUT2D eigenvalue weighted by molar-refractivity contribution is -0.115. The van der Waals surface area contributed by atoms with Gasteiger partial charge in [-0.25, -0.2) is 0 Å². The molecular weight excluding hydrogens is 260 g/mol. The molecule has 1 aromatic heterocycles. The molecule has 1 heterocycles. The first-order valence-electron chi connectivity index (χ1n) is 6.92. The summed E-state index contributed by atoms with van der Waals surface area (Å²) in [6, 6.07) is 19.5. The van der Waals surface area contributed by atoms with E-state index in [0.717, 1.165) is 22.3 Å². The number of nitrogens with zero attached hydrogens (tertiary/aromatic N) is 1. The third-order valence-corrected chi connectivity index (χ3v) is 3.30. The van der Waals surface area contributed by atoms with Crippen molar-refractivity contribution < 1.29 is 4.79 Å². The number of anilines is 1. The second kappa shape index (κ2) is 5.75. The molecule has 0 aliphatic heterocycles. The number of nitrogens with one attached hydrogen (secondary N) is 1. The number of fused-ring (bicyclic) bond motifs is 1. The molecular formula is C18H16N2O. The zero-order valence-electron chi connectivity index (χ0n) is 11.8. The maximum atomic E-state index is 12.0. The lowest BCUT2D eigenvalue weighted by Gasteiger charge is -2.06. The number of hydrogen-bond donors (Lipinski definition) is 1. The summed E-state index contributed by atoms with van der Waals surface area (Å²) in [5, 5.41) is 3.97. The van der Waals surface area contributed by atoms with Gasteiger partial charge in [0.05, 0.1) is 17.6 Å². The monoisotopic (exact) mass is 276 g/mol. The van der Waals surface area contributed by atoms with Crippen molar-refractivity contribution in [3.63, 3.8) is 0 Å². The Bertz CT molecular complexity index is 782. The van der Waals surface area contributed by atoms with E-state index in [1.165, 1.54) is 5.56 Å². The Balaban J connectivity index is 1.75. The van der Waals surface area contributed by atoms with E-state index in [2.05, 4.69) is 23.3 Å². The molecule has 0 saturated heterocycles. The van der Waals surface area contributed by atoms with Gasteiger partial charge < -0.3 is 5.32 Å². The van der Waals surface area contributed by atoms with Crippen molar-refractivity contribution in [1.29, 1.82) is 0 Å². The van der Waals surface area contributed by atoms with E-state index in [1.807, 2.05) is 54.6 Å². The van der Waals surface area contributed by atoms with Crippen LogP contribution in [0.1, 0.15) is 11.3 Å². The highest BCUT2D eigenvalue weighted by Gasteiger charge is 2.06. The van der Waals surface area contributed by atoms with Gasteiger partial charge in [-0.15, -0.1) is 0 Å². The molecule has 21 heavy (non-hydrogen) atoms. The van der Waals surface area contributed by atoms with Crippen LogP contribution in [0.25, 0.3) is 10.9 Å². The van der Waals surface area contributed by atoms with Crippen LogP contribution in [0.15, 0.2) is 60.7 Å². The van der Waals surface area contributed by atoms with Crippen molar-refractivity contribution in [2.45, 2.75) is 13.3 Å². The molecule has 104 valence electrons. The molecule has 1 N–H and O–H groups in total. The normalized spacial score (nSPS) is 10.5. The van der Waals surface area contributed by atoms with Crippen LogP contribution < -0.4 is 5.32 Å². The van der Waals surface area contributed by atoms with Crippen molar-refractivity contribution >= 4 is 22.5 Å². The lowest BCUT2D eigenvalue weighted by atomic mass is 10.1. The largest absolute Gasteiger partial charge is 0.326 e. The van der Waals surface area contributed by atoms with E-state index in [1.54, 1.807) is 0 Å². The first-order valence-corrected chi connectivity index (χ1v) is 6.92. The Morgan fingerprint density at radius 3 is 2.67 bits per heavy atom. The van der Waals surface area contributed by atoms with Crippen LogP contribution in [-0.4, -0.2) is 10.9 Å². The minimum Gasteiger partial charge on any atom is -0.326 e. The Labute approximate surface area is 123 Å². The molecule has 0 fully saturated rings. The fraction of sp³-hybridized carbons (Fsp3) is 0.111. The number of rotatable bonds is 3. The smallest absolute Gasteiger partial charge is 0.230 e. The lowest BCUT2D eigenvalue weighted by Crippen LogP contribution is -2.15. The summed E-state index contributed by atoms with van der Waals surface area (Å²) in [6.45, 7) is 2.06. The number of para-hydroxylation sites is 1. The summed E-state index contributed by atoms with van der Waals surface area (Å²) in [4.78, 5) is 16.6. The van der Waals surface area contributed by atoms with Gasteiger partial charge in [0.2, 0.25) is 5.91 Å². The minimum absolute atomic E-state index is 0.0554. The Morgan fingerprint density at radius 2 is 1.86 bits per heavy atom. The number of benzene rings is 2. The van der Waals surface area contributed by atoms with Crippen LogP contribution >= 0.6 is 0 Å². The van der Waals surface area contributed by atoms with Gasteiger partial charge in [-0.05, 0) is 37.3 Å². The van der Waals surface area contributed by atoms with Crippen molar-refractivity contribution in [3.05, 3.63) is 71.9 Å². The molecule has 0 atom stereocenters. The number of aromatic nitrogens is 1. The maximum absolute atomic E-state index is 12.0. The Morgan fingerprint density at radius 1 is 1.05 bits per heavy atom. The Kier molecular flexibility index (Phi) is 3.65. The van der Waals surface area contributed by atoms with Crippen LogP contribution in [0.5, 0.6) is 0 Å². The standard InChI is InChI=1S/C18H16N2O/c1-13-7-10-17-14(11-13)8-9-16(19-17)12-18(21)20-15-5-3-2-4-6-15/h2-11H,12H2,1H3,(H,20,21). The summed E-state index contributed by atoms with van der Waals surface area (Å²) < 4.78 is 0. The minimum atomic E-state index is -0.0554. The molecule has 0 aliphatic rings. The van der Waals surface area contributed by atoms with Gasteiger partial charge in [0, 0.05) is 11.1 Å². The molecule has 0 unspecified atom stereocenters. The second-order valence-corrected chi connectivity index (χ2v) is 5.09. The van der Waals surface area contributed by atoms with Crippen molar-refractivity contribution in [1.82, 2.24) is 4.98 Å². The van der Waals surface area contributed by atoms with E-state index in [0.29, 0.717) is 0 Å². The predicted octanol–water partition coefficient (Wildman–Crippen LogP) is 3.72. The topological polar surface area (TPSA) is 42.0 Å². The number of pyridine rings is 1. The predicted molar refractivity (Wildman–Crippen MR) is 85.3 cm³/mol. The molecule has 0 saturated carbocycles. The van der Waals surface area contributed by atoms with Crippen LogP contribution in [0, 0.1) is 6.92 Å². The number of hydrogen-bond acceptors (Lipinski definition) is 2. The third-order valence-electron chi connectivity index (χ3n) is 3.30. The van der Waals surface area contributed by atoms with Gasteiger partial charge in [-0.2, -0.15) is 0 Å². The highest BCUT2D eigenvalue weighted by Crippen LogP contribution is 2.15. The highest BCUT2D eigenvalue weighted by molar-refractivity contribution is 5.92. The zero-order valence-corrected chi connectivity index (χ0v) is 11.8. The number of carbonyl (C=O) groups is 1. The molecule has 3 aromatic rings. The third kappa shape index (κ3) is 3.26. The maximum Gasteiger partial charge on any atom is 0.230 e. The quantitative estimate of drug-likeness (QED) is 0.792. The van der Waals surface area contributed by atoms with Gasteiger partial charge in [0.25, 0.3) is 0 Å². The molecule has 1 amide bonds. The van der Waals surface area contributed by atoms with E-state index < -0.39 is 0 Å². The van der Waals surface area contributed by atoms with Crippen molar-refractivity contribution in [2.75, 3.05) is 5.32 Å². The number of amides is 1. The summed E-state index contributed by atoms with van der Waals surface area (Å²) in [7, 11) is 0. The van der Waals surface area contributed by atoms with E-state index in [9.17, 15) is 4.79 Å². The number of aryl methyl sites for hydroxylation is 1.